The minimum atomic E-state index is -1.33. The zero-order chi connectivity index (χ0) is 14.4. The molecule has 104 valence electrons. The average Bonchev–Trinajstić information content (AvgIpc) is 2.36. The largest absolute Gasteiger partial charge is 0.480 e. The maximum absolute atomic E-state index is 11.8. The third kappa shape index (κ3) is 4.35. The number of carboxylic acids is 1. The van der Waals surface area contributed by atoms with Crippen LogP contribution in [0.15, 0.2) is 24.3 Å². The number of rotatable bonds is 6. The van der Waals surface area contributed by atoms with Crippen molar-refractivity contribution in [3.63, 3.8) is 0 Å². The zero-order valence-corrected chi connectivity index (χ0v) is 10.8. The van der Waals surface area contributed by atoms with Gasteiger partial charge in [-0.1, -0.05) is 12.1 Å². The molecular weight excluding hydrogens is 250 g/mol. The van der Waals surface area contributed by atoms with Gasteiger partial charge in [0, 0.05) is 12.7 Å². The molecule has 0 aromatic heterocycles. The van der Waals surface area contributed by atoms with Gasteiger partial charge in [0.1, 0.15) is 0 Å². The van der Waals surface area contributed by atoms with Crippen LogP contribution in [0.4, 0.5) is 0 Å². The third-order valence-corrected chi connectivity index (χ3v) is 2.56. The number of aliphatic carboxylic acids is 1. The Labute approximate surface area is 111 Å². The maximum Gasteiger partial charge on any atom is 0.328 e. The van der Waals surface area contributed by atoms with Gasteiger partial charge < -0.3 is 20.3 Å². The Morgan fingerprint density at radius 1 is 1.32 bits per heavy atom. The summed E-state index contributed by atoms with van der Waals surface area (Å²) in [6.45, 7) is 1.74. The fourth-order valence-corrected chi connectivity index (χ4v) is 1.53. The summed E-state index contributed by atoms with van der Waals surface area (Å²) < 4.78 is 4.94. The van der Waals surface area contributed by atoms with E-state index in [4.69, 9.17) is 9.84 Å². The van der Waals surface area contributed by atoms with E-state index < -0.39 is 24.0 Å². The van der Waals surface area contributed by atoms with E-state index in [1.54, 1.807) is 31.4 Å². The number of carbonyl (C=O) groups excluding carboxylic acids is 1. The fourth-order valence-electron chi connectivity index (χ4n) is 1.53. The first-order chi connectivity index (χ1) is 8.95. The summed E-state index contributed by atoms with van der Waals surface area (Å²) in [6, 6.07) is 5.26. The normalized spacial score (nSPS) is 13.6. The smallest absolute Gasteiger partial charge is 0.328 e. The Bertz CT molecular complexity index is 441. The van der Waals surface area contributed by atoms with E-state index in [0.717, 1.165) is 5.56 Å². The van der Waals surface area contributed by atoms with Gasteiger partial charge >= 0.3 is 5.97 Å². The van der Waals surface area contributed by atoms with Crippen molar-refractivity contribution in [2.45, 2.75) is 25.7 Å². The van der Waals surface area contributed by atoms with Crippen LogP contribution in [-0.4, -0.2) is 41.3 Å². The van der Waals surface area contributed by atoms with Crippen molar-refractivity contribution >= 4 is 11.9 Å². The van der Waals surface area contributed by atoms with Crippen LogP contribution < -0.4 is 5.32 Å². The molecule has 6 heteroatoms. The van der Waals surface area contributed by atoms with Gasteiger partial charge in [0.15, 0.2) is 6.04 Å². The van der Waals surface area contributed by atoms with Gasteiger partial charge in [0.25, 0.3) is 5.91 Å². The highest BCUT2D eigenvalue weighted by Crippen LogP contribution is 2.06. The summed E-state index contributed by atoms with van der Waals surface area (Å²) in [7, 11) is 1.57. The lowest BCUT2D eigenvalue weighted by Crippen LogP contribution is -2.47. The van der Waals surface area contributed by atoms with E-state index in [1.807, 2.05) is 0 Å². The summed E-state index contributed by atoms with van der Waals surface area (Å²) >= 11 is 0. The number of carbonyl (C=O) groups is 2. The van der Waals surface area contributed by atoms with Gasteiger partial charge in [0.05, 0.1) is 12.7 Å². The van der Waals surface area contributed by atoms with Crippen LogP contribution >= 0.6 is 0 Å². The minimum absolute atomic E-state index is 0.326. The average molecular weight is 267 g/mol. The number of hydrogen-bond donors (Lipinski definition) is 3. The Hall–Kier alpha value is -1.92. The summed E-state index contributed by atoms with van der Waals surface area (Å²) in [6.07, 6.45) is -1.17. The minimum Gasteiger partial charge on any atom is -0.480 e. The van der Waals surface area contributed by atoms with E-state index in [-0.39, 0.29) is 0 Å². The van der Waals surface area contributed by atoms with Crippen molar-refractivity contribution in [1.82, 2.24) is 5.32 Å². The van der Waals surface area contributed by atoms with Crippen LogP contribution in [-0.2, 0) is 16.1 Å². The summed E-state index contributed by atoms with van der Waals surface area (Å²) in [4.78, 5) is 22.7. The monoisotopic (exact) mass is 267 g/mol. The predicted molar refractivity (Wildman–Crippen MR) is 67.7 cm³/mol. The van der Waals surface area contributed by atoms with Crippen molar-refractivity contribution in [2.24, 2.45) is 0 Å². The van der Waals surface area contributed by atoms with Gasteiger partial charge in [0.2, 0.25) is 0 Å². The number of hydrogen-bond acceptors (Lipinski definition) is 4. The molecule has 19 heavy (non-hydrogen) atoms. The van der Waals surface area contributed by atoms with Gasteiger partial charge in [-0.15, -0.1) is 0 Å². The van der Waals surface area contributed by atoms with Gasteiger partial charge in [-0.2, -0.15) is 0 Å². The molecule has 1 aromatic carbocycles. The fraction of sp³-hybridized carbons (Fsp3) is 0.385. The van der Waals surface area contributed by atoms with Crippen LogP contribution in [0.5, 0.6) is 0 Å². The predicted octanol–water partition coefficient (Wildman–Crippen LogP) is 0.397. The van der Waals surface area contributed by atoms with Crippen LogP contribution in [0, 0.1) is 0 Å². The first-order valence-electron chi connectivity index (χ1n) is 5.75. The van der Waals surface area contributed by atoms with E-state index in [1.165, 1.54) is 6.92 Å². The topological polar surface area (TPSA) is 95.9 Å². The third-order valence-electron chi connectivity index (χ3n) is 2.56. The number of aliphatic hydroxyl groups is 1. The second-order valence-electron chi connectivity index (χ2n) is 4.16. The van der Waals surface area contributed by atoms with Gasteiger partial charge in [-0.05, 0) is 24.6 Å². The molecule has 1 rings (SSSR count). The Kier molecular flexibility index (Phi) is 5.47. The van der Waals surface area contributed by atoms with Crippen LogP contribution in [0.25, 0.3) is 0 Å². The van der Waals surface area contributed by atoms with E-state index in [9.17, 15) is 14.7 Å². The van der Waals surface area contributed by atoms with E-state index in [2.05, 4.69) is 5.32 Å². The van der Waals surface area contributed by atoms with Crippen LogP contribution in [0.1, 0.15) is 22.8 Å². The molecule has 0 aliphatic rings. The number of carboxylic acid groups (broad SMARTS) is 1. The summed E-state index contributed by atoms with van der Waals surface area (Å²) in [5, 5.41) is 20.4. The molecule has 3 N–H and O–H groups in total. The second-order valence-corrected chi connectivity index (χ2v) is 4.16. The van der Waals surface area contributed by atoms with E-state index in [0.29, 0.717) is 12.2 Å². The standard InChI is InChI=1S/C13H17NO5/c1-8(15)11(13(17)18)14-12(16)10-5-3-9(4-6-10)7-19-2/h3-6,8,11,15H,7H2,1-2H3,(H,14,16)(H,17,18). The number of nitrogens with one attached hydrogen (secondary N) is 1. The van der Waals surface area contributed by atoms with Crippen molar-refractivity contribution in [3.8, 4) is 0 Å². The quantitative estimate of drug-likeness (QED) is 0.693. The lowest BCUT2D eigenvalue weighted by Gasteiger charge is -2.17. The highest BCUT2D eigenvalue weighted by atomic mass is 16.5. The lowest BCUT2D eigenvalue weighted by molar-refractivity contribution is -0.141. The number of benzene rings is 1. The molecule has 6 nitrogen and oxygen atoms in total. The second kappa shape index (κ2) is 6.86. The maximum atomic E-state index is 11.8. The molecule has 1 amide bonds. The molecule has 0 spiro atoms. The summed E-state index contributed by atoms with van der Waals surface area (Å²) in [5.41, 5.74) is 1.23. The number of ether oxygens (including phenoxy) is 1. The molecule has 0 saturated carbocycles. The lowest BCUT2D eigenvalue weighted by atomic mass is 10.1. The Balaban J connectivity index is 2.74. The van der Waals surface area contributed by atoms with Crippen LogP contribution in [0.3, 0.4) is 0 Å². The number of amides is 1. The molecule has 2 unspecified atom stereocenters. The molecule has 1 aromatic rings. The molecule has 0 fully saturated rings. The molecule has 0 saturated heterocycles. The SMILES string of the molecule is COCc1ccc(C(=O)NC(C(=O)O)C(C)O)cc1. The Morgan fingerprint density at radius 2 is 1.89 bits per heavy atom. The molecule has 0 radical (unpaired) electrons. The van der Waals surface area contributed by atoms with Crippen molar-refractivity contribution in [2.75, 3.05) is 7.11 Å². The molecule has 0 aliphatic heterocycles. The highest BCUT2D eigenvalue weighted by Gasteiger charge is 2.25. The van der Waals surface area contributed by atoms with Gasteiger partial charge in [-0.25, -0.2) is 4.79 Å². The highest BCUT2D eigenvalue weighted by molar-refractivity contribution is 5.96. The van der Waals surface area contributed by atoms with E-state index >= 15 is 0 Å². The number of methoxy groups -OCH3 is 1. The van der Waals surface area contributed by atoms with Crippen LogP contribution in [0.2, 0.25) is 0 Å². The molecule has 0 aliphatic carbocycles. The Morgan fingerprint density at radius 3 is 2.32 bits per heavy atom. The van der Waals surface area contributed by atoms with Gasteiger partial charge in [-0.3, -0.25) is 4.79 Å². The van der Waals surface area contributed by atoms with Crippen molar-refractivity contribution < 1.29 is 24.5 Å². The first kappa shape index (κ1) is 15.1. The zero-order valence-electron chi connectivity index (χ0n) is 10.8. The number of aliphatic hydroxyl groups excluding tert-OH is 1. The molecular formula is C13H17NO5. The van der Waals surface area contributed by atoms with Crippen molar-refractivity contribution in [1.29, 1.82) is 0 Å². The summed E-state index contributed by atoms with van der Waals surface area (Å²) in [5.74, 6) is -1.82. The first-order valence-corrected chi connectivity index (χ1v) is 5.75. The van der Waals surface area contributed by atoms with Crippen molar-refractivity contribution in [3.05, 3.63) is 35.4 Å². The molecule has 0 bridgehead atoms. The molecule has 2 atom stereocenters. The molecule has 0 heterocycles.